The maximum atomic E-state index is 13.7. The number of rotatable bonds is 13. The average Bonchev–Trinajstić information content (AvgIpc) is 3.71. The van der Waals surface area contributed by atoms with E-state index in [4.69, 9.17) is 28.6 Å². The summed E-state index contributed by atoms with van der Waals surface area (Å²) >= 11 is 0. The fraction of sp³-hybridized carbons (Fsp3) is 0.378. The number of amides is 1. The summed E-state index contributed by atoms with van der Waals surface area (Å²) in [4.78, 5) is 30.2. The van der Waals surface area contributed by atoms with Gasteiger partial charge in [0.1, 0.15) is 0 Å². The summed E-state index contributed by atoms with van der Waals surface area (Å²) in [6.07, 6.45) is 7.24. The van der Waals surface area contributed by atoms with Crippen LogP contribution >= 0.6 is 0 Å². The number of hydrogen-bond acceptors (Lipinski definition) is 9. The third kappa shape index (κ3) is 7.26. The Morgan fingerprint density at radius 3 is 2.46 bits per heavy atom. The number of nitrogens with zero attached hydrogens (tertiary/aromatic N) is 6. The van der Waals surface area contributed by atoms with Gasteiger partial charge in [-0.2, -0.15) is 0 Å². The van der Waals surface area contributed by atoms with Crippen LogP contribution < -0.4 is 19.1 Å². The van der Waals surface area contributed by atoms with Gasteiger partial charge in [-0.15, -0.1) is 0 Å². The van der Waals surface area contributed by atoms with Crippen LogP contribution in [0.2, 0.25) is 0 Å². The minimum absolute atomic E-state index is 0.0562. The highest BCUT2D eigenvalue weighted by molar-refractivity contribution is 5.95. The molecule has 0 N–H and O–H groups in total. The van der Waals surface area contributed by atoms with E-state index in [9.17, 15) is 4.79 Å². The fourth-order valence-corrected chi connectivity index (χ4v) is 6.55. The number of para-hydroxylation sites is 2. The van der Waals surface area contributed by atoms with Gasteiger partial charge in [-0.05, 0) is 68.4 Å². The lowest BCUT2D eigenvalue weighted by atomic mass is 9.99. The highest BCUT2D eigenvalue weighted by Gasteiger charge is 2.25. The zero-order chi connectivity index (χ0) is 33.5. The van der Waals surface area contributed by atoms with Crippen LogP contribution in [0.3, 0.4) is 0 Å². The predicted octanol–water partition coefficient (Wildman–Crippen LogP) is 5.56. The lowest BCUT2D eigenvalue weighted by Crippen LogP contribution is -2.35. The molecule has 1 saturated heterocycles. The molecule has 0 aliphatic carbocycles. The largest absolute Gasteiger partial charge is 0.493 e. The number of aromatic nitrogens is 3. The first-order valence-electron chi connectivity index (χ1n) is 16.4. The molecule has 4 heterocycles. The van der Waals surface area contributed by atoms with Crippen molar-refractivity contribution < 1.29 is 23.4 Å². The lowest BCUT2D eigenvalue weighted by Gasteiger charge is -2.27. The first kappa shape index (κ1) is 32.9. The lowest BCUT2D eigenvalue weighted by molar-refractivity contribution is 0.0781. The number of benzene rings is 2. The average molecular weight is 653 g/mol. The minimum atomic E-state index is -0.126. The molecule has 1 fully saturated rings. The molecular formula is C37H44N6O5. The number of ether oxygens (including phenoxy) is 3. The third-order valence-corrected chi connectivity index (χ3v) is 9.08. The number of carbonyl (C=O) groups excluding carboxylic acids is 1. The Bertz CT molecular complexity index is 1770. The van der Waals surface area contributed by atoms with E-state index in [-0.39, 0.29) is 11.8 Å². The monoisotopic (exact) mass is 652 g/mol. The SMILES string of the molecule is COc1cc(C(=O)N(C)CC(CCN2CCCN(c3nc4ccccc4n3Cc3ccoc3)CC2)c2ccccn2)cc(OC)c1OC. The summed E-state index contributed by atoms with van der Waals surface area (Å²) in [5.41, 5.74) is 4.69. The van der Waals surface area contributed by atoms with E-state index in [1.165, 1.54) is 0 Å². The number of hydrogen-bond donors (Lipinski definition) is 0. The van der Waals surface area contributed by atoms with Gasteiger partial charge in [0.15, 0.2) is 11.5 Å². The van der Waals surface area contributed by atoms with E-state index in [1.54, 1.807) is 50.9 Å². The number of methoxy groups -OCH3 is 3. The van der Waals surface area contributed by atoms with Crippen LogP contribution in [0.5, 0.6) is 17.2 Å². The molecule has 1 amide bonds. The molecule has 3 aromatic heterocycles. The zero-order valence-electron chi connectivity index (χ0n) is 28.2. The van der Waals surface area contributed by atoms with Crippen LogP contribution in [0.4, 0.5) is 5.95 Å². The Balaban J connectivity index is 1.14. The molecule has 6 rings (SSSR count). The van der Waals surface area contributed by atoms with Crippen molar-refractivity contribution >= 4 is 22.9 Å². The Morgan fingerprint density at radius 1 is 0.958 bits per heavy atom. The maximum absolute atomic E-state index is 13.7. The van der Waals surface area contributed by atoms with Gasteiger partial charge in [0, 0.05) is 62.2 Å². The van der Waals surface area contributed by atoms with Gasteiger partial charge < -0.3 is 37.9 Å². The molecule has 11 heteroatoms. The number of pyridine rings is 1. The standard InChI is InChI=1S/C37H44N6O5/c1-40(36(44)29-22-33(45-2)35(47-4)34(23-29)46-3)25-28(30-10-7-8-15-38-30)13-18-41-16-9-17-42(20-19-41)37-39-31-11-5-6-12-32(31)43(37)24-27-14-21-48-26-27/h5-8,10-12,14-15,21-23,26,28H,9,13,16-20,24-25H2,1-4H3. The van der Waals surface area contributed by atoms with Gasteiger partial charge >= 0.3 is 0 Å². The number of imidazole rings is 1. The summed E-state index contributed by atoms with van der Waals surface area (Å²) in [5.74, 6) is 2.28. The molecule has 1 unspecified atom stereocenters. The molecule has 0 radical (unpaired) electrons. The molecule has 0 bridgehead atoms. The van der Waals surface area contributed by atoms with E-state index in [0.29, 0.717) is 35.9 Å². The Labute approximate surface area is 281 Å². The van der Waals surface area contributed by atoms with Crippen molar-refractivity contribution in [3.05, 3.63) is 96.2 Å². The van der Waals surface area contributed by atoms with Crippen LogP contribution in [-0.4, -0.2) is 97.9 Å². The number of anilines is 1. The van der Waals surface area contributed by atoms with E-state index >= 15 is 0 Å². The molecule has 0 saturated carbocycles. The molecule has 48 heavy (non-hydrogen) atoms. The Morgan fingerprint density at radius 2 is 1.75 bits per heavy atom. The quantitative estimate of drug-likeness (QED) is 0.162. The summed E-state index contributed by atoms with van der Waals surface area (Å²) < 4.78 is 24.1. The van der Waals surface area contributed by atoms with Crippen molar-refractivity contribution in [3.63, 3.8) is 0 Å². The summed E-state index contributed by atoms with van der Waals surface area (Å²) in [6.45, 7) is 5.85. The summed E-state index contributed by atoms with van der Waals surface area (Å²) in [7, 11) is 6.48. The number of likely N-dealkylation sites (N-methyl/N-ethyl adjacent to an activating group) is 1. The van der Waals surface area contributed by atoms with Gasteiger partial charge in [0.2, 0.25) is 11.7 Å². The summed E-state index contributed by atoms with van der Waals surface area (Å²) in [6, 6.07) is 19.7. The van der Waals surface area contributed by atoms with E-state index in [0.717, 1.165) is 73.8 Å². The van der Waals surface area contributed by atoms with Gasteiger partial charge in [-0.3, -0.25) is 9.78 Å². The topological polar surface area (TPSA) is 98.3 Å². The molecule has 1 aliphatic rings. The summed E-state index contributed by atoms with van der Waals surface area (Å²) in [5, 5.41) is 0. The van der Waals surface area contributed by atoms with Crippen LogP contribution in [0.25, 0.3) is 11.0 Å². The second-order valence-electron chi connectivity index (χ2n) is 12.1. The van der Waals surface area contributed by atoms with Crippen LogP contribution in [0, 0.1) is 0 Å². The molecule has 1 atom stereocenters. The second-order valence-corrected chi connectivity index (χ2v) is 12.1. The van der Waals surface area contributed by atoms with Crippen molar-refractivity contribution in [2.24, 2.45) is 0 Å². The highest BCUT2D eigenvalue weighted by Crippen LogP contribution is 2.38. The molecular weight excluding hydrogens is 608 g/mol. The first-order valence-corrected chi connectivity index (χ1v) is 16.4. The zero-order valence-corrected chi connectivity index (χ0v) is 28.2. The van der Waals surface area contributed by atoms with Crippen molar-refractivity contribution in [1.82, 2.24) is 24.3 Å². The molecule has 5 aromatic rings. The molecule has 2 aromatic carbocycles. The fourth-order valence-electron chi connectivity index (χ4n) is 6.55. The van der Waals surface area contributed by atoms with Gasteiger partial charge in [0.25, 0.3) is 5.91 Å². The number of fused-ring (bicyclic) bond motifs is 1. The smallest absolute Gasteiger partial charge is 0.253 e. The van der Waals surface area contributed by atoms with Crippen molar-refractivity contribution in [2.75, 3.05) is 72.5 Å². The number of furan rings is 1. The van der Waals surface area contributed by atoms with Gasteiger partial charge in [-0.25, -0.2) is 4.98 Å². The van der Waals surface area contributed by atoms with Crippen LogP contribution in [0.15, 0.2) is 83.8 Å². The Hall–Kier alpha value is -5.03. The Kier molecular flexibility index (Phi) is 10.4. The van der Waals surface area contributed by atoms with Crippen LogP contribution in [-0.2, 0) is 6.54 Å². The highest BCUT2D eigenvalue weighted by atomic mass is 16.5. The normalized spacial score (nSPS) is 14.5. The van der Waals surface area contributed by atoms with Crippen LogP contribution in [0.1, 0.15) is 40.4 Å². The molecule has 1 aliphatic heterocycles. The molecule has 0 spiro atoms. The van der Waals surface area contributed by atoms with E-state index in [1.807, 2.05) is 37.5 Å². The first-order chi connectivity index (χ1) is 23.5. The van der Waals surface area contributed by atoms with Gasteiger partial charge in [-0.1, -0.05) is 18.2 Å². The van der Waals surface area contributed by atoms with Gasteiger partial charge in [0.05, 0.1) is 51.4 Å². The molecule has 11 nitrogen and oxygen atoms in total. The van der Waals surface area contributed by atoms with Crippen molar-refractivity contribution in [1.29, 1.82) is 0 Å². The second kappa shape index (κ2) is 15.2. The minimum Gasteiger partial charge on any atom is -0.493 e. The third-order valence-electron chi connectivity index (χ3n) is 9.08. The predicted molar refractivity (Wildman–Crippen MR) is 185 cm³/mol. The maximum Gasteiger partial charge on any atom is 0.253 e. The van der Waals surface area contributed by atoms with Crippen molar-refractivity contribution in [3.8, 4) is 17.2 Å². The van der Waals surface area contributed by atoms with E-state index in [2.05, 4.69) is 38.6 Å². The van der Waals surface area contributed by atoms with Crippen molar-refractivity contribution in [2.45, 2.75) is 25.3 Å². The number of carbonyl (C=O) groups is 1. The molecule has 252 valence electrons. The van der Waals surface area contributed by atoms with E-state index < -0.39 is 0 Å².